The molecule has 0 aliphatic heterocycles. The lowest BCUT2D eigenvalue weighted by Gasteiger charge is -2.02. The molecular weight excluding hydrogens is 311 g/mol. The highest BCUT2D eigenvalue weighted by atomic mass is 32.2. The highest BCUT2D eigenvalue weighted by Crippen LogP contribution is 1.93. The van der Waals surface area contributed by atoms with Crippen molar-refractivity contribution in [2.75, 3.05) is 60.1 Å². The Labute approximate surface area is 137 Å². The average Bonchev–Trinajstić information content (AvgIpc) is 2.51. The van der Waals surface area contributed by atoms with Crippen LogP contribution < -0.4 is 5.73 Å². The van der Waals surface area contributed by atoms with E-state index >= 15 is 0 Å². The van der Waals surface area contributed by atoms with Gasteiger partial charge in [-0.1, -0.05) is 6.58 Å². The van der Waals surface area contributed by atoms with E-state index in [9.17, 15) is 3.89 Å². The van der Waals surface area contributed by atoms with Crippen LogP contribution in [0.15, 0.2) is 24.5 Å². The van der Waals surface area contributed by atoms with E-state index in [-0.39, 0.29) is 12.1 Å². The number of rotatable bonds is 11. The van der Waals surface area contributed by atoms with Crippen molar-refractivity contribution in [1.82, 2.24) is 0 Å². The number of ether oxygens (including phenoxy) is 4. The molecule has 0 rings (SSSR count). The van der Waals surface area contributed by atoms with Gasteiger partial charge >= 0.3 is 0 Å². The normalized spacial score (nSPS) is 9.32. The second-order valence-electron chi connectivity index (χ2n) is 3.38. The Kier molecular flexibility index (Phi) is 33.4. The molecule has 132 valence electrons. The standard InChI is InChI=1S/C8H13NO2.C5H13NO2.CH3FS/c1-8(4-3-5-9)11-7-6-10-2;1-7-4-5-8-3-2-6;1-3-2/h3-5,9H,1,6-7H2,2H3;2-6H2,1H3;1H3/b4-3-,9-5?;;. The molecule has 0 aromatic carbocycles. The van der Waals surface area contributed by atoms with E-state index in [0.717, 1.165) is 0 Å². The second-order valence-corrected chi connectivity index (χ2v) is 3.69. The third-order valence-corrected chi connectivity index (χ3v) is 1.65. The van der Waals surface area contributed by atoms with Crippen molar-refractivity contribution >= 4 is 18.4 Å². The van der Waals surface area contributed by atoms with Crippen molar-refractivity contribution in [3.05, 3.63) is 24.5 Å². The first-order chi connectivity index (χ1) is 10.6. The molecular formula is C14H29FN2O4S. The third-order valence-electron chi connectivity index (χ3n) is 1.65. The van der Waals surface area contributed by atoms with Crippen LogP contribution in [-0.4, -0.2) is 66.3 Å². The van der Waals surface area contributed by atoms with Gasteiger partial charge in [0.25, 0.3) is 0 Å². The minimum Gasteiger partial charge on any atom is -0.492 e. The maximum Gasteiger partial charge on any atom is 0.112 e. The van der Waals surface area contributed by atoms with Gasteiger partial charge in [0, 0.05) is 45.4 Å². The van der Waals surface area contributed by atoms with E-state index in [1.807, 2.05) is 0 Å². The highest BCUT2D eigenvalue weighted by molar-refractivity contribution is 7.93. The summed E-state index contributed by atoms with van der Waals surface area (Å²) in [5.41, 5.74) is 5.14. The quantitative estimate of drug-likeness (QED) is 0.259. The zero-order chi connectivity index (χ0) is 17.5. The number of allylic oxidation sites excluding steroid dienone is 2. The number of nitrogens with two attached hydrogens (primary N) is 1. The van der Waals surface area contributed by atoms with E-state index in [4.69, 9.17) is 30.1 Å². The summed E-state index contributed by atoms with van der Waals surface area (Å²) in [6.07, 6.45) is 5.72. The maximum absolute atomic E-state index is 10.2. The summed E-state index contributed by atoms with van der Waals surface area (Å²) in [7, 11) is 3.26. The minimum atomic E-state index is 0.250. The summed E-state index contributed by atoms with van der Waals surface area (Å²) in [6, 6.07) is 0. The summed E-state index contributed by atoms with van der Waals surface area (Å²) in [4.78, 5) is 0. The largest absolute Gasteiger partial charge is 0.492 e. The number of halogens is 1. The predicted molar refractivity (Wildman–Crippen MR) is 91.3 cm³/mol. The Bertz CT molecular complexity index is 251. The fourth-order valence-corrected chi connectivity index (χ4v) is 0.787. The Morgan fingerprint density at radius 3 is 2.18 bits per heavy atom. The molecule has 8 heteroatoms. The van der Waals surface area contributed by atoms with Gasteiger partial charge in [0.05, 0.1) is 26.4 Å². The van der Waals surface area contributed by atoms with Crippen LogP contribution in [0, 0.1) is 5.41 Å². The lowest BCUT2D eigenvalue weighted by molar-refractivity contribution is 0.0747. The number of nitrogens with one attached hydrogen (secondary N) is 1. The zero-order valence-electron chi connectivity index (χ0n) is 13.7. The second kappa shape index (κ2) is 28.3. The van der Waals surface area contributed by atoms with Crippen molar-refractivity contribution in [3.63, 3.8) is 0 Å². The van der Waals surface area contributed by atoms with Crippen molar-refractivity contribution in [3.8, 4) is 0 Å². The van der Waals surface area contributed by atoms with Crippen LogP contribution >= 0.6 is 12.1 Å². The molecule has 0 unspecified atom stereocenters. The maximum atomic E-state index is 10.2. The van der Waals surface area contributed by atoms with Crippen LogP contribution in [0.4, 0.5) is 3.89 Å². The molecule has 0 aliphatic carbocycles. The van der Waals surface area contributed by atoms with Gasteiger partial charge < -0.3 is 30.1 Å². The van der Waals surface area contributed by atoms with Crippen LogP contribution in [0.2, 0.25) is 0 Å². The number of methoxy groups -OCH3 is 2. The van der Waals surface area contributed by atoms with Gasteiger partial charge in [0.1, 0.15) is 12.4 Å². The van der Waals surface area contributed by atoms with Gasteiger partial charge in [0.2, 0.25) is 0 Å². The molecule has 0 spiro atoms. The van der Waals surface area contributed by atoms with Crippen molar-refractivity contribution in [1.29, 1.82) is 5.41 Å². The van der Waals surface area contributed by atoms with E-state index in [1.54, 1.807) is 26.4 Å². The molecule has 3 N–H and O–H groups in total. The molecule has 0 aliphatic rings. The monoisotopic (exact) mass is 340 g/mol. The molecule has 0 aromatic rings. The smallest absolute Gasteiger partial charge is 0.112 e. The molecule has 0 aromatic heterocycles. The van der Waals surface area contributed by atoms with Gasteiger partial charge in [-0.2, -0.15) is 3.89 Å². The van der Waals surface area contributed by atoms with Crippen molar-refractivity contribution < 1.29 is 22.8 Å². The van der Waals surface area contributed by atoms with E-state index in [1.165, 1.54) is 12.5 Å². The minimum absolute atomic E-state index is 0.250. The van der Waals surface area contributed by atoms with E-state index in [2.05, 4.69) is 6.58 Å². The Morgan fingerprint density at radius 1 is 1.18 bits per heavy atom. The van der Waals surface area contributed by atoms with Crippen molar-refractivity contribution in [2.45, 2.75) is 0 Å². The molecule has 0 fully saturated rings. The Balaban J connectivity index is -0.000000288. The molecule has 0 amide bonds. The fraction of sp³-hybridized carbons (Fsp3) is 0.643. The number of hydrogen-bond acceptors (Lipinski definition) is 7. The summed E-state index contributed by atoms with van der Waals surface area (Å²) in [5.74, 6) is 0.547. The van der Waals surface area contributed by atoms with Crippen LogP contribution in [0.3, 0.4) is 0 Å². The molecule has 22 heavy (non-hydrogen) atoms. The van der Waals surface area contributed by atoms with Crippen LogP contribution in [0.1, 0.15) is 0 Å². The summed E-state index contributed by atoms with van der Waals surface area (Å²) in [6.45, 7) is 7.16. The lowest BCUT2D eigenvalue weighted by Crippen LogP contribution is -2.11. The average molecular weight is 340 g/mol. The first-order valence-electron chi connectivity index (χ1n) is 6.53. The summed E-state index contributed by atoms with van der Waals surface area (Å²) < 4.78 is 29.7. The van der Waals surface area contributed by atoms with Gasteiger partial charge in [0.15, 0.2) is 0 Å². The van der Waals surface area contributed by atoms with E-state index < -0.39 is 0 Å². The Hall–Kier alpha value is -0.930. The Morgan fingerprint density at radius 2 is 1.73 bits per heavy atom. The van der Waals surface area contributed by atoms with Gasteiger partial charge in [-0.05, 0) is 12.2 Å². The topological polar surface area (TPSA) is 86.8 Å². The van der Waals surface area contributed by atoms with Crippen LogP contribution in [0.25, 0.3) is 0 Å². The summed E-state index contributed by atoms with van der Waals surface area (Å²) >= 11 is 0.250. The van der Waals surface area contributed by atoms with Gasteiger partial charge in [-0.15, -0.1) is 0 Å². The first kappa shape index (κ1) is 26.0. The fourth-order valence-electron chi connectivity index (χ4n) is 0.787. The highest BCUT2D eigenvalue weighted by Gasteiger charge is 1.86. The lowest BCUT2D eigenvalue weighted by atomic mass is 10.4. The third kappa shape index (κ3) is 36.5. The molecule has 0 saturated heterocycles. The van der Waals surface area contributed by atoms with Gasteiger partial charge in [-0.3, -0.25) is 0 Å². The first-order valence-corrected chi connectivity index (χ1v) is 7.66. The van der Waals surface area contributed by atoms with Crippen LogP contribution in [0.5, 0.6) is 0 Å². The predicted octanol–water partition coefficient (Wildman–Crippen LogP) is 2.21. The zero-order valence-corrected chi connectivity index (χ0v) is 14.5. The summed E-state index contributed by atoms with van der Waals surface area (Å²) in [5, 5.41) is 6.68. The van der Waals surface area contributed by atoms with Crippen LogP contribution in [-0.2, 0) is 18.9 Å². The van der Waals surface area contributed by atoms with E-state index in [0.29, 0.717) is 45.3 Å². The molecule has 6 nitrogen and oxygen atoms in total. The molecule has 0 saturated carbocycles. The molecule has 0 atom stereocenters. The SMILES string of the molecule is C=C(/C=C\C=N)OCCOC.COCCOCCN.CSF. The number of hydrogen-bond donors (Lipinski definition) is 2. The van der Waals surface area contributed by atoms with Crippen molar-refractivity contribution in [2.24, 2.45) is 5.73 Å². The molecule has 0 heterocycles. The molecule has 0 radical (unpaired) electrons. The molecule has 0 bridgehead atoms. The van der Waals surface area contributed by atoms with Gasteiger partial charge in [-0.25, -0.2) is 0 Å².